The second kappa shape index (κ2) is 7.54. The number of carbonyl (C=O) groups excluding carboxylic acids is 2. The molecule has 1 unspecified atom stereocenters. The van der Waals surface area contributed by atoms with E-state index in [0.717, 1.165) is 17.1 Å². The topological polar surface area (TPSA) is 68.3 Å². The highest BCUT2D eigenvalue weighted by molar-refractivity contribution is 7.09. The van der Waals surface area contributed by atoms with Crippen molar-refractivity contribution >= 4 is 23.2 Å². The number of amides is 1. The fourth-order valence-electron chi connectivity index (χ4n) is 2.13. The number of thiazole rings is 1. The highest BCUT2D eigenvalue weighted by Gasteiger charge is 2.35. The third-order valence-electron chi connectivity index (χ3n) is 3.21. The van der Waals surface area contributed by atoms with E-state index in [0.29, 0.717) is 12.3 Å². The Bertz CT molecular complexity index is 499. The smallest absolute Gasteiger partial charge is 0.331 e. The van der Waals surface area contributed by atoms with Gasteiger partial charge in [0, 0.05) is 11.3 Å². The summed E-state index contributed by atoms with van der Waals surface area (Å²) in [5.41, 5.74) is -0.234. The zero-order chi connectivity index (χ0) is 16.0. The van der Waals surface area contributed by atoms with Crippen LogP contribution in [0.25, 0.3) is 0 Å². The predicted molar refractivity (Wildman–Crippen MR) is 83.4 cm³/mol. The van der Waals surface area contributed by atoms with Crippen molar-refractivity contribution in [2.24, 2.45) is 0 Å². The summed E-state index contributed by atoms with van der Waals surface area (Å²) in [6, 6.07) is 0. The van der Waals surface area contributed by atoms with Gasteiger partial charge in [-0.2, -0.15) is 0 Å². The number of carbonyl (C=O) groups is 2. The first-order chi connectivity index (χ1) is 9.82. The molecule has 1 amide bonds. The Morgan fingerprint density at radius 1 is 1.48 bits per heavy atom. The summed E-state index contributed by atoms with van der Waals surface area (Å²) in [5.74, 6) is -0.275. The lowest BCUT2D eigenvalue weighted by atomic mass is 9.96. The standard InChI is InChI=1S/C15H24N2O3S/c1-6-7-15(4,14(19)20-5)17-12(18)8-11-9-21-13(16-11)10(2)3/h9-10H,6-8H2,1-5H3,(H,17,18). The van der Waals surface area contributed by atoms with Crippen molar-refractivity contribution in [2.75, 3.05) is 7.11 Å². The van der Waals surface area contributed by atoms with Gasteiger partial charge in [-0.05, 0) is 13.3 Å². The molecule has 0 bridgehead atoms. The van der Waals surface area contributed by atoms with Gasteiger partial charge in [0.25, 0.3) is 0 Å². The summed E-state index contributed by atoms with van der Waals surface area (Å²) in [7, 11) is 1.33. The Hall–Kier alpha value is -1.43. The molecule has 0 spiro atoms. The van der Waals surface area contributed by atoms with Crippen LogP contribution in [0.2, 0.25) is 0 Å². The molecule has 1 N–H and O–H groups in total. The largest absolute Gasteiger partial charge is 0.467 e. The molecule has 0 fully saturated rings. The number of aromatic nitrogens is 1. The Kier molecular flexibility index (Phi) is 6.33. The number of methoxy groups -OCH3 is 1. The van der Waals surface area contributed by atoms with E-state index in [1.54, 1.807) is 18.3 Å². The number of rotatable bonds is 7. The maximum absolute atomic E-state index is 12.1. The first-order valence-electron chi connectivity index (χ1n) is 7.16. The van der Waals surface area contributed by atoms with Crippen LogP contribution in [0.15, 0.2) is 5.38 Å². The van der Waals surface area contributed by atoms with Gasteiger partial charge >= 0.3 is 5.97 Å². The minimum atomic E-state index is -0.975. The van der Waals surface area contributed by atoms with Crippen LogP contribution in [0.5, 0.6) is 0 Å². The number of hydrogen-bond acceptors (Lipinski definition) is 5. The van der Waals surface area contributed by atoms with E-state index in [9.17, 15) is 9.59 Å². The third kappa shape index (κ3) is 4.81. The quantitative estimate of drug-likeness (QED) is 0.786. The highest BCUT2D eigenvalue weighted by atomic mass is 32.1. The van der Waals surface area contributed by atoms with Crippen molar-refractivity contribution in [1.82, 2.24) is 10.3 Å². The molecule has 5 nitrogen and oxygen atoms in total. The summed E-state index contributed by atoms with van der Waals surface area (Å²) in [4.78, 5) is 28.4. The Morgan fingerprint density at radius 3 is 2.62 bits per heavy atom. The van der Waals surface area contributed by atoms with Gasteiger partial charge in [0.2, 0.25) is 5.91 Å². The van der Waals surface area contributed by atoms with Crippen LogP contribution in [0.3, 0.4) is 0 Å². The van der Waals surface area contributed by atoms with E-state index < -0.39 is 11.5 Å². The number of ether oxygens (including phenoxy) is 1. The maximum atomic E-state index is 12.1. The molecule has 0 saturated heterocycles. The first kappa shape index (κ1) is 17.6. The number of esters is 1. The fraction of sp³-hybridized carbons (Fsp3) is 0.667. The Balaban J connectivity index is 2.71. The third-order valence-corrected chi connectivity index (χ3v) is 4.40. The Labute approximate surface area is 130 Å². The fourth-order valence-corrected chi connectivity index (χ4v) is 2.96. The van der Waals surface area contributed by atoms with E-state index >= 15 is 0 Å². The lowest BCUT2D eigenvalue weighted by molar-refractivity contribution is -0.150. The number of nitrogens with one attached hydrogen (secondary N) is 1. The van der Waals surface area contributed by atoms with Crippen LogP contribution in [0, 0.1) is 0 Å². The summed E-state index contributed by atoms with van der Waals surface area (Å²) < 4.78 is 4.79. The molecule has 6 heteroatoms. The lowest BCUT2D eigenvalue weighted by Gasteiger charge is -2.27. The van der Waals surface area contributed by atoms with Crippen LogP contribution >= 0.6 is 11.3 Å². The molecular weight excluding hydrogens is 288 g/mol. The molecule has 0 aromatic carbocycles. The van der Waals surface area contributed by atoms with Crippen LogP contribution < -0.4 is 5.32 Å². The molecule has 1 atom stereocenters. The molecular formula is C15H24N2O3S. The maximum Gasteiger partial charge on any atom is 0.331 e. The molecule has 0 saturated carbocycles. The molecule has 0 radical (unpaired) electrons. The van der Waals surface area contributed by atoms with Crippen molar-refractivity contribution in [3.8, 4) is 0 Å². The van der Waals surface area contributed by atoms with Crippen molar-refractivity contribution in [3.63, 3.8) is 0 Å². The van der Waals surface area contributed by atoms with E-state index in [1.165, 1.54) is 7.11 Å². The molecule has 1 aromatic rings. The van der Waals surface area contributed by atoms with Gasteiger partial charge < -0.3 is 10.1 Å². The summed E-state index contributed by atoms with van der Waals surface area (Å²) in [6.45, 7) is 7.79. The van der Waals surface area contributed by atoms with Gasteiger partial charge in [-0.25, -0.2) is 9.78 Å². The van der Waals surface area contributed by atoms with Crippen LogP contribution in [0.1, 0.15) is 57.2 Å². The molecule has 0 aliphatic rings. The molecule has 0 aliphatic carbocycles. The number of hydrogen-bond donors (Lipinski definition) is 1. The molecule has 1 heterocycles. The highest BCUT2D eigenvalue weighted by Crippen LogP contribution is 2.20. The van der Waals surface area contributed by atoms with Gasteiger partial charge in [-0.15, -0.1) is 11.3 Å². The van der Waals surface area contributed by atoms with Crippen LogP contribution in [-0.2, 0) is 20.7 Å². The molecule has 0 aliphatic heterocycles. The normalized spacial score (nSPS) is 13.8. The van der Waals surface area contributed by atoms with Crippen LogP contribution in [0.4, 0.5) is 0 Å². The molecule has 1 rings (SSSR count). The zero-order valence-corrected chi connectivity index (χ0v) is 14.2. The van der Waals surface area contributed by atoms with Gasteiger partial charge in [0.15, 0.2) is 0 Å². The van der Waals surface area contributed by atoms with Crippen molar-refractivity contribution in [1.29, 1.82) is 0 Å². The lowest BCUT2D eigenvalue weighted by Crippen LogP contribution is -2.53. The van der Waals surface area contributed by atoms with E-state index in [2.05, 4.69) is 24.1 Å². The second-order valence-corrected chi connectivity index (χ2v) is 6.52. The van der Waals surface area contributed by atoms with E-state index in [4.69, 9.17) is 4.74 Å². The molecule has 21 heavy (non-hydrogen) atoms. The average Bonchev–Trinajstić information content (AvgIpc) is 2.86. The summed E-state index contributed by atoms with van der Waals surface area (Å²) in [6.07, 6.45) is 1.50. The number of nitrogens with zero attached hydrogens (tertiary/aromatic N) is 1. The van der Waals surface area contributed by atoms with Gasteiger partial charge in [-0.3, -0.25) is 4.79 Å². The van der Waals surface area contributed by atoms with Crippen molar-refractivity contribution in [3.05, 3.63) is 16.1 Å². The average molecular weight is 312 g/mol. The minimum Gasteiger partial charge on any atom is -0.467 e. The minimum absolute atomic E-state index is 0.180. The van der Waals surface area contributed by atoms with Crippen LogP contribution in [-0.4, -0.2) is 29.5 Å². The van der Waals surface area contributed by atoms with Gasteiger partial charge in [-0.1, -0.05) is 27.2 Å². The second-order valence-electron chi connectivity index (χ2n) is 5.63. The SMILES string of the molecule is CCCC(C)(NC(=O)Cc1csc(C(C)C)n1)C(=O)OC. The molecule has 1 aromatic heterocycles. The monoisotopic (exact) mass is 312 g/mol. The molecule has 118 valence electrons. The van der Waals surface area contributed by atoms with Crippen molar-refractivity contribution in [2.45, 2.75) is 58.4 Å². The van der Waals surface area contributed by atoms with Gasteiger partial charge in [0.05, 0.1) is 24.2 Å². The summed E-state index contributed by atoms with van der Waals surface area (Å²) in [5, 5.41) is 5.69. The predicted octanol–water partition coefficient (Wildman–Crippen LogP) is 2.66. The van der Waals surface area contributed by atoms with E-state index in [-0.39, 0.29) is 12.3 Å². The zero-order valence-electron chi connectivity index (χ0n) is 13.4. The van der Waals surface area contributed by atoms with Crippen molar-refractivity contribution < 1.29 is 14.3 Å². The summed E-state index contributed by atoms with van der Waals surface area (Å²) >= 11 is 1.56. The first-order valence-corrected chi connectivity index (χ1v) is 8.04. The Morgan fingerprint density at radius 2 is 2.14 bits per heavy atom. The van der Waals surface area contributed by atoms with Gasteiger partial charge in [0.1, 0.15) is 5.54 Å². The van der Waals surface area contributed by atoms with E-state index in [1.807, 2.05) is 12.3 Å².